The molecular weight excluding hydrogens is 282 g/mol. The summed E-state index contributed by atoms with van der Waals surface area (Å²) in [6, 6.07) is 7.69. The smallest absolute Gasteiger partial charge is 0.311 e. The highest BCUT2D eigenvalue weighted by atomic mass is 32.1. The Bertz CT molecular complexity index is 623. The van der Waals surface area contributed by atoms with Crippen molar-refractivity contribution in [3.63, 3.8) is 0 Å². The molecule has 0 bridgehead atoms. The van der Waals surface area contributed by atoms with Crippen LogP contribution in [0.1, 0.15) is 48.5 Å². The highest BCUT2D eigenvalue weighted by molar-refractivity contribution is 7.09. The van der Waals surface area contributed by atoms with Gasteiger partial charge in [0.1, 0.15) is 0 Å². The first-order valence-corrected chi connectivity index (χ1v) is 7.89. The minimum atomic E-state index is -0.800. The Morgan fingerprint density at radius 1 is 1.29 bits per heavy atom. The van der Waals surface area contributed by atoms with Crippen LogP contribution in [-0.2, 0) is 16.6 Å². The second kappa shape index (κ2) is 5.98. The van der Waals surface area contributed by atoms with Gasteiger partial charge in [-0.2, -0.15) is 0 Å². The number of aromatic nitrogens is 1. The van der Waals surface area contributed by atoms with E-state index >= 15 is 0 Å². The minimum absolute atomic E-state index is 0.00265. The van der Waals surface area contributed by atoms with Crippen molar-refractivity contribution in [2.24, 2.45) is 0 Å². The zero-order chi connectivity index (χ0) is 15.6. The molecule has 4 heteroatoms. The van der Waals surface area contributed by atoms with E-state index in [1.54, 1.807) is 11.3 Å². The van der Waals surface area contributed by atoms with Crippen LogP contribution in [0.25, 0.3) is 0 Å². The van der Waals surface area contributed by atoms with Gasteiger partial charge in [0.05, 0.1) is 16.6 Å². The van der Waals surface area contributed by atoms with Crippen molar-refractivity contribution < 1.29 is 9.90 Å². The summed E-state index contributed by atoms with van der Waals surface area (Å²) in [6.45, 7) is 8.33. The lowest BCUT2D eigenvalue weighted by Crippen LogP contribution is -2.15. The van der Waals surface area contributed by atoms with Gasteiger partial charge in [0.2, 0.25) is 0 Å². The molecule has 1 unspecified atom stereocenters. The molecule has 0 spiro atoms. The third kappa shape index (κ3) is 3.91. The first-order chi connectivity index (χ1) is 9.77. The number of rotatable bonds is 4. The first-order valence-electron chi connectivity index (χ1n) is 7.01. The largest absolute Gasteiger partial charge is 0.481 e. The van der Waals surface area contributed by atoms with Crippen LogP contribution in [0, 0.1) is 6.92 Å². The van der Waals surface area contributed by atoms with Crippen molar-refractivity contribution in [1.29, 1.82) is 0 Å². The normalized spacial score (nSPS) is 13.1. The number of carbonyl (C=O) groups is 1. The zero-order valence-corrected chi connectivity index (χ0v) is 13.7. The molecule has 3 nitrogen and oxygen atoms in total. The molecule has 2 aromatic rings. The van der Waals surface area contributed by atoms with Crippen LogP contribution in [0.5, 0.6) is 0 Å². The number of carboxylic acids is 1. The summed E-state index contributed by atoms with van der Waals surface area (Å²) < 4.78 is 0. The van der Waals surface area contributed by atoms with Gasteiger partial charge in [0, 0.05) is 17.2 Å². The summed E-state index contributed by atoms with van der Waals surface area (Å²) in [5.74, 6) is -1.34. The summed E-state index contributed by atoms with van der Waals surface area (Å²) in [7, 11) is 0. The number of hydrogen-bond acceptors (Lipinski definition) is 3. The Morgan fingerprint density at radius 2 is 1.90 bits per heavy atom. The molecule has 0 saturated heterocycles. The topological polar surface area (TPSA) is 50.2 Å². The van der Waals surface area contributed by atoms with E-state index in [2.05, 4.69) is 25.8 Å². The van der Waals surface area contributed by atoms with Gasteiger partial charge >= 0.3 is 5.97 Å². The molecule has 1 N–H and O–H groups in total. The Hall–Kier alpha value is -1.68. The van der Waals surface area contributed by atoms with Crippen LogP contribution in [0.4, 0.5) is 0 Å². The molecule has 0 aliphatic carbocycles. The fraction of sp³-hybridized carbons (Fsp3) is 0.412. The van der Waals surface area contributed by atoms with Crippen molar-refractivity contribution in [2.45, 2.75) is 45.4 Å². The highest BCUT2D eigenvalue weighted by Crippen LogP contribution is 2.28. The first kappa shape index (κ1) is 15.7. The standard InChI is InChI=1S/C17H21NO2S/c1-11-5-7-12(8-6-11)13(16(19)20)9-15-18-14(10-21-15)17(2,3)4/h5-8,10,13H,9H2,1-4H3,(H,19,20). The number of aliphatic carboxylic acids is 1. The maximum Gasteiger partial charge on any atom is 0.311 e. The van der Waals surface area contributed by atoms with E-state index in [1.807, 2.05) is 36.6 Å². The molecule has 112 valence electrons. The summed E-state index contributed by atoms with van der Waals surface area (Å²) in [5.41, 5.74) is 2.99. The SMILES string of the molecule is Cc1ccc(C(Cc2nc(C(C)(C)C)cs2)C(=O)O)cc1. The van der Waals surface area contributed by atoms with E-state index in [0.717, 1.165) is 21.8 Å². The average molecular weight is 303 g/mol. The molecule has 0 aliphatic rings. The number of carboxylic acid groups (broad SMARTS) is 1. The number of nitrogens with zero attached hydrogens (tertiary/aromatic N) is 1. The van der Waals surface area contributed by atoms with Crippen molar-refractivity contribution >= 4 is 17.3 Å². The van der Waals surface area contributed by atoms with Gasteiger partial charge in [-0.15, -0.1) is 11.3 Å². The number of benzene rings is 1. The third-order valence-corrected chi connectivity index (χ3v) is 4.35. The van der Waals surface area contributed by atoms with Crippen LogP contribution in [0.15, 0.2) is 29.6 Å². The molecule has 1 aromatic carbocycles. The Balaban J connectivity index is 2.23. The van der Waals surface area contributed by atoms with Gasteiger partial charge in [-0.3, -0.25) is 4.79 Å². The van der Waals surface area contributed by atoms with E-state index in [0.29, 0.717) is 6.42 Å². The Labute approximate surface area is 129 Å². The second-order valence-electron chi connectivity index (χ2n) is 6.38. The average Bonchev–Trinajstić information content (AvgIpc) is 2.85. The van der Waals surface area contributed by atoms with Crippen LogP contribution in [0.2, 0.25) is 0 Å². The van der Waals surface area contributed by atoms with Crippen molar-refractivity contribution in [2.75, 3.05) is 0 Å². The third-order valence-electron chi connectivity index (χ3n) is 3.48. The summed E-state index contributed by atoms with van der Waals surface area (Å²) in [5, 5.41) is 12.4. The number of hydrogen-bond donors (Lipinski definition) is 1. The lowest BCUT2D eigenvalue weighted by Gasteiger charge is -2.15. The molecule has 0 radical (unpaired) electrons. The quantitative estimate of drug-likeness (QED) is 0.922. The molecule has 0 amide bonds. The maximum absolute atomic E-state index is 11.6. The molecule has 1 atom stereocenters. The molecular formula is C17H21NO2S. The monoisotopic (exact) mass is 303 g/mol. The van der Waals surface area contributed by atoms with Crippen LogP contribution < -0.4 is 0 Å². The van der Waals surface area contributed by atoms with Gasteiger partial charge < -0.3 is 5.11 Å². The van der Waals surface area contributed by atoms with Crippen LogP contribution >= 0.6 is 11.3 Å². The summed E-state index contributed by atoms with van der Waals surface area (Å²) >= 11 is 1.55. The summed E-state index contributed by atoms with van der Waals surface area (Å²) in [6.07, 6.45) is 0.444. The van der Waals surface area contributed by atoms with Crippen molar-refractivity contribution in [3.05, 3.63) is 51.5 Å². The van der Waals surface area contributed by atoms with Crippen molar-refractivity contribution in [3.8, 4) is 0 Å². The fourth-order valence-corrected chi connectivity index (χ4v) is 3.14. The Morgan fingerprint density at radius 3 is 2.38 bits per heavy atom. The Kier molecular flexibility index (Phi) is 4.47. The molecule has 0 saturated carbocycles. The van der Waals surface area contributed by atoms with Gasteiger partial charge in [0.15, 0.2) is 0 Å². The van der Waals surface area contributed by atoms with Gasteiger partial charge in [-0.25, -0.2) is 4.98 Å². The van der Waals surface area contributed by atoms with E-state index < -0.39 is 11.9 Å². The molecule has 21 heavy (non-hydrogen) atoms. The molecule has 0 fully saturated rings. The lowest BCUT2D eigenvalue weighted by molar-refractivity contribution is -0.138. The van der Waals surface area contributed by atoms with Gasteiger partial charge in [-0.1, -0.05) is 50.6 Å². The molecule has 2 rings (SSSR count). The molecule has 1 heterocycles. The summed E-state index contributed by atoms with van der Waals surface area (Å²) in [4.78, 5) is 16.2. The van der Waals surface area contributed by atoms with Gasteiger partial charge in [-0.05, 0) is 12.5 Å². The molecule has 1 aromatic heterocycles. The highest BCUT2D eigenvalue weighted by Gasteiger charge is 2.23. The predicted molar refractivity (Wildman–Crippen MR) is 86.1 cm³/mol. The second-order valence-corrected chi connectivity index (χ2v) is 7.32. The van der Waals surface area contributed by atoms with Gasteiger partial charge in [0.25, 0.3) is 0 Å². The minimum Gasteiger partial charge on any atom is -0.481 e. The van der Waals surface area contributed by atoms with Crippen LogP contribution in [0.3, 0.4) is 0 Å². The van der Waals surface area contributed by atoms with Crippen molar-refractivity contribution in [1.82, 2.24) is 4.98 Å². The van der Waals surface area contributed by atoms with E-state index in [9.17, 15) is 9.90 Å². The fourth-order valence-electron chi connectivity index (χ4n) is 2.07. The van der Waals surface area contributed by atoms with E-state index in [4.69, 9.17) is 0 Å². The van der Waals surface area contributed by atoms with E-state index in [-0.39, 0.29) is 5.41 Å². The zero-order valence-electron chi connectivity index (χ0n) is 12.9. The van der Waals surface area contributed by atoms with E-state index in [1.165, 1.54) is 0 Å². The number of thiazole rings is 1. The maximum atomic E-state index is 11.6. The van der Waals surface area contributed by atoms with Crippen LogP contribution in [-0.4, -0.2) is 16.1 Å². The lowest BCUT2D eigenvalue weighted by atomic mass is 9.93. The number of aryl methyl sites for hydroxylation is 1. The predicted octanol–water partition coefficient (Wildman–Crippen LogP) is 4.16. The molecule has 0 aliphatic heterocycles.